The van der Waals surface area contributed by atoms with Crippen LogP contribution in [0.25, 0.3) is 0 Å². The summed E-state index contributed by atoms with van der Waals surface area (Å²) in [7, 11) is 0. The van der Waals surface area contributed by atoms with Gasteiger partial charge in [-0.05, 0) is 56.9 Å². The van der Waals surface area contributed by atoms with Crippen LogP contribution in [0.15, 0.2) is 54.6 Å². The molecule has 0 saturated heterocycles. The smallest absolute Gasteiger partial charge is 0.416 e. The Hall–Kier alpha value is -1.50. The van der Waals surface area contributed by atoms with Gasteiger partial charge in [0.05, 0.1) is 11.6 Å². The lowest BCUT2D eigenvalue weighted by Gasteiger charge is -2.28. The molecule has 0 bridgehead atoms. The highest BCUT2D eigenvalue weighted by Gasteiger charge is 2.32. The third kappa shape index (κ3) is 6.04. The highest BCUT2D eigenvalue weighted by atomic mass is 32.2. The molecule has 0 aromatic heterocycles. The fourth-order valence-electron chi connectivity index (χ4n) is 2.46. The van der Waals surface area contributed by atoms with Gasteiger partial charge in [0.25, 0.3) is 0 Å². The zero-order valence-corrected chi connectivity index (χ0v) is 16.0. The van der Waals surface area contributed by atoms with Gasteiger partial charge in [-0.2, -0.15) is 13.2 Å². The van der Waals surface area contributed by atoms with E-state index < -0.39 is 27.8 Å². The van der Waals surface area contributed by atoms with Crippen molar-refractivity contribution in [3.63, 3.8) is 0 Å². The SMILES string of the molecule is CC(C)(C)[S+]([O-])N[C@@H](CCc1ccccc1)c1ccc(C(F)(F)F)cc1. The second-order valence-electron chi connectivity index (χ2n) is 7.20. The molecular weight excluding hydrogens is 359 g/mol. The van der Waals surface area contributed by atoms with E-state index in [4.69, 9.17) is 0 Å². The lowest BCUT2D eigenvalue weighted by atomic mass is 9.99. The van der Waals surface area contributed by atoms with E-state index in [0.29, 0.717) is 12.0 Å². The summed E-state index contributed by atoms with van der Waals surface area (Å²) in [5.74, 6) is 0. The van der Waals surface area contributed by atoms with Crippen LogP contribution in [-0.4, -0.2) is 9.30 Å². The van der Waals surface area contributed by atoms with Crippen LogP contribution in [-0.2, 0) is 24.0 Å². The van der Waals surface area contributed by atoms with Crippen LogP contribution in [0.4, 0.5) is 13.2 Å². The van der Waals surface area contributed by atoms with Gasteiger partial charge in [-0.15, -0.1) is 4.72 Å². The van der Waals surface area contributed by atoms with Crippen molar-refractivity contribution < 1.29 is 17.7 Å². The molecule has 0 fully saturated rings. The number of nitrogens with one attached hydrogen (secondary N) is 1. The Morgan fingerprint density at radius 3 is 2.04 bits per heavy atom. The molecule has 0 aliphatic heterocycles. The summed E-state index contributed by atoms with van der Waals surface area (Å²) in [6, 6.07) is 14.6. The van der Waals surface area contributed by atoms with Crippen molar-refractivity contribution in [3.8, 4) is 0 Å². The molecule has 0 amide bonds. The van der Waals surface area contributed by atoms with E-state index in [-0.39, 0.29) is 6.04 Å². The van der Waals surface area contributed by atoms with Crippen LogP contribution in [0.3, 0.4) is 0 Å². The van der Waals surface area contributed by atoms with E-state index in [1.165, 1.54) is 12.1 Å². The number of halogens is 3. The quantitative estimate of drug-likeness (QED) is 0.675. The van der Waals surface area contributed by atoms with Crippen molar-refractivity contribution in [2.24, 2.45) is 0 Å². The maximum Gasteiger partial charge on any atom is 0.416 e. The average molecular weight is 383 g/mol. The third-order valence-electron chi connectivity index (χ3n) is 4.01. The van der Waals surface area contributed by atoms with Gasteiger partial charge < -0.3 is 4.55 Å². The molecule has 2 aromatic rings. The normalized spacial score (nSPS) is 14.9. The summed E-state index contributed by atoms with van der Waals surface area (Å²) in [6.07, 6.45) is -2.99. The molecule has 0 saturated carbocycles. The largest absolute Gasteiger partial charge is 0.598 e. The van der Waals surface area contributed by atoms with Crippen molar-refractivity contribution >= 4 is 11.4 Å². The molecule has 0 aliphatic carbocycles. The van der Waals surface area contributed by atoms with Gasteiger partial charge in [0.1, 0.15) is 4.75 Å². The van der Waals surface area contributed by atoms with Crippen LogP contribution in [0, 0.1) is 0 Å². The van der Waals surface area contributed by atoms with Crippen LogP contribution in [0.5, 0.6) is 0 Å². The summed E-state index contributed by atoms with van der Waals surface area (Å²) in [5.41, 5.74) is 1.15. The molecule has 26 heavy (non-hydrogen) atoms. The number of benzene rings is 2. The minimum absolute atomic E-state index is 0.294. The molecule has 0 spiro atoms. The van der Waals surface area contributed by atoms with Crippen LogP contribution < -0.4 is 4.72 Å². The van der Waals surface area contributed by atoms with E-state index in [2.05, 4.69) is 4.72 Å². The van der Waals surface area contributed by atoms with Gasteiger partial charge in [-0.1, -0.05) is 42.5 Å². The molecule has 142 valence electrons. The second kappa shape index (κ2) is 8.46. The maximum atomic E-state index is 12.8. The first-order valence-corrected chi connectivity index (χ1v) is 9.61. The number of rotatable bonds is 6. The van der Waals surface area contributed by atoms with Crippen molar-refractivity contribution in [1.29, 1.82) is 0 Å². The van der Waals surface area contributed by atoms with Gasteiger partial charge in [0.2, 0.25) is 0 Å². The minimum Gasteiger partial charge on any atom is -0.598 e. The minimum atomic E-state index is -4.36. The number of aryl methyl sites for hydroxylation is 1. The fraction of sp³-hybridized carbons (Fsp3) is 0.400. The number of hydrogen-bond donors (Lipinski definition) is 1. The second-order valence-corrected chi connectivity index (χ2v) is 9.19. The van der Waals surface area contributed by atoms with E-state index in [1.807, 2.05) is 51.1 Å². The van der Waals surface area contributed by atoms with Crippen molar-refractivity contribution in [3.05, 3.63) is 71.3 Å². The molecule has 1 N–H and O–H groups in total. The van der Waals surface area contributed by atoms with Gasteiger partial charge in [-0.25, -0.2) is 0 Å². The van der Waals surface area contributed by atoms with Gasteiger partial charge >= 0.3 is 6.18 Å². The molecule has 2 nitrogen and oxygen atoms in total. The number of alkyl halides is 3. The lowest BCUT2D eigenvalue weighted by molar-refractivity contribution is -0.137. The van der Waals surface area contributed by atoms with Gasteiger partial charge in [0.15, 0.2) is 0 Å². The van der Waals surface area contributed by atoms with Crippen molar-refractivity contribution in [2.75, 3.05) is 0 Å². The summed E-state index contributed by atoms with van der Waals surface area (Å²) in [6.45, 7) is 5.57. The van der Waals surface area contributed by atoms with E-state index >= 15 is 0 Å². The molecule has 0 heterocycles. The average Bonchev–Trinajstić information content (AvgIpc) is 2.58. The van der Waals surface area contributed by atoms with Crippen LogP contribution >= 0.6 is 0 Å². The predicted molar refractivity (Wildman–Crippen MR) is 100.0 cm³/mol. The Balaban J connectivity index is 2.19. The van der Waals surface area contributed by atoms with E-state index in [1.54, 1.807) is 0 Å². The lowest BCUT2D eigenvalue weighted by Crippen LogP contribution is -2.41. The predicted octanol–water partition coefficient (Wildman–Crippen LogP) is 5.43. The van der Waals surface area contributed by atoms with Gasteiger partial charge in [-0.3, -0.25) is 0 Å². The monoisotopic (exact) mass is 383 g/mol. The highest BCUT2D eigenvalue weighted by molar-refractivity contribution is 7.90. The molecule has 2 aromatic carbocycles. The standard InChI is InChI=1S/C20H24F3NOS/c1-19(2,3)26(25)24-18(14-9-15-7-5-4-6-8-15)16-10-12-17(13-11-16)20(21,22)23/h4-8,10-13,18,24H,9,14H2,1-3H3/t18-,26?/m0/s1. The molecule has 2 atom stereocenters. The first-order valence-electron chi connectivity index (χ1n) is 8.46. The molecular formula is C20H24F3NOS. The van der Waals surface area contributed by atoms with Crippen molar-refractivity contribution in [2.45, 2.75) is 50.6 Å². The maximum absolute atomic E-state index is 12.8. The summed E-state index contributed by atoms with van der Waals surface area (Å²) in [4.78, 5) is 0. The first-order chi connectivity index (χ1) is 12.1. The molecule has 0 radical (unpaired) electrons. The molecule has 6 heteroatoms. The topological polar surface area (TPSA) is 35.1 Å². The van der Waals surface area contributed by atoms with Crippen LogP contribution in [0.2, 0.25) is 0 Å². The Labute approximate surface area is 156 Å². The Kier molecular flexibility index (Phi) is 6.77. The van der Waals surface area contributed by atoms with E-state index in [0.717, 1.165) is 24.1 Å². The zero-order chi connectivity index (χ0) is 19.4. The van der Waals surface area contributed by atoms with Crippen LogP contribution in [0.1, 0.15) is 49.9 Å². The Bertz CT molecular complexity index is 681. The van der Waals surface area contributed by atoms with Crippen molar-refractivity contribution in [1.82, 2.24) is 4.72 Å². The Morgan fingerprint density at radius 2 is 1.54 bits per heavy atom. The number of hydrogen-bond acceptors (Lipinski definition) is 2. The van der Waals surface area contributed by atoms with Gasteiger partial charge in [0, 0.05) is 11.4 Å². The third-order valence-corrected chi connectivity index (χ3v) is 5.62. The summed E-state index contributed by atoms with van der Waals surface area (Å²) in [5, 5.41) is 0. The van der Waals surface area contributed by atoms with E-state index in [9.17, 15) is 17.7 Å². The summed E-state index contributed by atoms with van der Waals surface area (Å²) < 4.78 is 53.5. The molecule has 1 unspecified atom stereocenters. The molecule has 0 aliphatic rings. The first kappa shape index (κ1) is 20.8. The fourth-order valence-corrected chi connectivity index (χ4v) is 3.33. The Morgan fingerprint density at radius 1 is 0.962 bits per heavy atom. The zero-order valence-electron chi connectivity index (χ0n) is 15.1. The highest BCUT2D eigenvalue weighted by Crippen LogP contribution is 2.31. The summed E-state index contributed by atoms with van der Waals surface area (Å²) >= 11 is -1.32. The molecule has 2 rings (SSSR count).